The number of nitrogens with two attached hydrogens (primary N) is 1. The second-order valence-electron chi connectivity index (χ2n) is 13.9. The van der Waals surface area contributed by atoms with Crippen LogP contribution in [0.15, 0.2) is 115 Å². The van der Waals surface area contributed by atoms with E-state index in [1.54, 1.807) is 12.1 Å². The van der Waals surface area contributed by atoms with Crippen molar-refractivity contribution in [3.63, 3.8) is 0 Å². The number of carbonyl (C=O) groups is 2. The highest BCUT2D eigenvalue weighted by Crippen LogP contribution is 2.39. The standard InChI is InChI=1S/C44H50N4O5/c1-30(35-21-20-32-10-6-7-11-36(32)26-35)48(2)28-38-27-41(33-18-16-31(29-49)17-19-33)53-44(52-38)34-22-24-37(25-23-34)46-42(50)14-4-3-5-15-43(51)47-40-13-9-8-12-39(40)45/h6-13,16-26,30,38,41,44,49H,3-5,14-15,27-29,45H2,1-2H3,(H,46,50)(H,47,51)/t30-,38+,41-,44-/m1/s1. The first kappa shape index (κ1) is 37.7. The normalized spacial score (nSPS) is 17.8. The lowest BCUT2D eigenvalue weighted by molar-refractivity contribution is -0.253. The van der Waals surface area contributed by atoms with E-state index >= 15 is 0 Å². The van der Waals surface area contributed by atoms with Crippen molar-refractivity contribution in [2.45, 2.75) is 76.6 Å². The molecular formula is C44H50N4O5. The summed E-state index contributed by atoms with van der Waals surface area (Å²) in [6.07, 6.45) is 2.67. The van der Waals surface area contributed by atoms with E-state index in [1.807, 2.05) is 60.7 Å². The summed E-state index contributed by atoms with van der Waals surface area (Å²) < 4.78 is 13.2. The number of aliphatic hydroxyl groups excluding tert-OH is 1. The van der Waals surface area contributed by atoms with E-state index in [-0.39, 0.29) is 36.7 Å². The molecule has 9 nitrogen and oxygen atoms in total. The molecule has 0 saturated carbocycles. The largest absolute Gasteiger partial charge is 0.397 e. The van der Waals surface area contributed by atoms with Gasteiger partial charge in [0.05, 0.1) is 30.2 Å². The highest BCUT2D eigenvalue weighted by molar-refractivity contribution is 5.93. The van der Waals surface area contributed by atoms with Gasteiger partial charge in [0.2, 0.25) is 11.8 Å². The van der Waals surface area contributed by atoms with Crippen LogP contribution in [-0.4, -0.2) is 41.5 Å². The fraction of sp³-hybridized carbons (Fsp3) is 0.318. The Bertz CT molecular complexity index is 1970. The van der Waals surface area contributed by atoms with Gasteiger partial charge >= 0.3 is 0 Å². The summed E-state index contributed by atoms with van der Waals surface area (Å²) in [6, 6.07) is 38.0. The number of fused-ring (bicyclic) bond motifs is 1. The maximum Gasteiger partial charge on any atom is 0.224 e. The van der Waals surface area contributed by atoms with Gasteiger partial charge in [0.15, 0.2) is 6.29 Å². The number of amides is 2. The monoisotopic (exact) mass is 714 g/mol. The minimum Gasteiger partial charge on any atom is -0.397 e. The molecule has 1 saturated heterocycles. The Balaban J connectivity index is 1.03. The van der Waals surface area contributed by atoms with Gasteiger partial charge in [0.25, 0.3) is 0 Å². The highest BCUT2D eigenvalue weighted by atomic mass is 16.7. The van der Waals surface area contributed by atoms with Crippen molar-refractivity contribution < 1.29 is 24.2 Å². The molecule has 0 bridgehead atoms. The number of anilines is 3. The number of nitrogens with one attached hydrogen (secondary N) is 2. The zero-order valence-electron chi connectivity index (χ0n) is 30.5. The number of aliphatic hydroxyl groups is 1. The molecule has 1 fully saturated rings. The predicted octanol–water partition coefficient (Wildman–Crippen LogP) is 8.68. The number of likely N-dealkylation sites (N-methyl/N-ethyl adjacent to an activating group) is 1. The lowest BCUT2D eigenvalue weighted by atomic mass is 9.98. The number of unbranched alkanes of at least 4 members (excludes halogenated alkanes) is 2. The van der Waals surface area contributed by atoms with E-state index in [0.717, 1.165) is 23.1 Å². The summed E-state index contributed by atoms with van der Waals surface area (Å²) in [5.41, 5.74) is 11.8. The first-order valence-electron chi connectivity index (χ1n) is 18.5. The zero-order valence-corrected chi connectivity index (χ0v) is 30.5. The Morgan fingerprint density at radius 3 is 2.17 bits per heavy atom. The molecular weight excluding hydrogens is 665 g/mol. The molecule has 9 heteroatoms. The van der Waals surface area contributed by atoms with E-state index in [1.165, 1.54) is 16.3 Å². The molecule has 1 aliphatic rings. The van der Waals surface area contributed by atoms with Crippen LogP contribution < -0.4 is 16.4 Å². The number of nitrogen functional groups attached to an aromatic ring is 1. The Hall–Kier alpha value is -5.06. The number of rotatable bonds is 15. The van der Waals surface area contributed by atoms with E-state index in [0.29, 0.717) is 55.7 Å². The Kier molecular flexibility index (Phi) is 12.9. The molecule has 1 heterocycles. The summed E-state index contributed by atoms with van der Waals surface area (Å²) in [6.45, 7) is 2.92. The molecule has 53 heavy (non-hydrogen) atoms. The average molecular weight is 715 g/mol. The van der Waals surface area contributed by atoms with Gasteiger partial charge in [-0.05, 0) is 84.6 Å². The summed E-state index contributed by atoms with van der Waals surface area (Å²) in [5.74, 6) is -0.155. The Morgan fingerprint density at radius 2 is 1.45 bits per heavy atom. The number of ether oxygens (including phenoxy) is 2. The molecule has 2 amide bonds. The van der Waals surface area contributed by atoms with Crippen molar-refractivity contribution in [2.75, 3.05) is 30.0 Å². The quantitative estimate of drug-likeness (QED) is 0.0632. The molecule has 5 aromatic carbocycles. The predicted molar refractivity (Wildman–Crippen MR) is 211 cm³/mol. The van der Waals surface area contributed by atoms with Crippen molar-refractivity contribution in [1.82, 2.24) is 4.90 Å². The van der Waals surface area contributed by atoms with E-state index in [2.05, 4.69) is 72.0 Å². The maximum atomic E-state index is 12.7. The van der Waals surface area contributed by atoms with Crippen molar-refractivity contribution in [1.29, 1.82) is 0 Å². The van der Waals surface area contributed by atoms with Crippen molar-refractivity contribution in [2.24, 2.45) is 0 Å². The Morgan fingerprint density at radius 1 is 0.792 bits per heavy atom. The molecule has 0 spiro atoms. The number of carbonyl (C=O) groups excluding carboxylic acids is 2. The third kappa shape index (κ3) is 10.3. The van der Waals surface area contributed by atoms with Crippen molar-refractivity contribution in [3.8, 4) is 0 Å². The second-order valence-corrected chi connectivity index (χ2v) is 13.9. The van der Waals surface area contributed by atoms with Crippen LogP contribution in [0.2, 0.25) is 0 Å². The summed E-state index contributed by atoms with van der Waals surface area (Å²) >= 11 is 0. The third-order valence-electron chi connectivity index (χ3n) is 10.0. The average Bonchev–Trinajstić information content (AvgIpc) is 3.18. The Labute approximate surface area is 312 Å². The van der Waals surface area contributed by atoms with Crippen LogP contribution in [0.5, 0.6) is 0 Å². The van der Waals surface area contributed by atoms with Gasteiger partial charge in [-0.25, -0.2) is 0 Å². The first-order chi connectivity index (χ1) is 25.7. The van der Waals surface area contributed by atoms with Gasteiger partial charge in [-0.15, -0.1) is 0 Å². The minimum atomic E-state index is -0.596. The number of hydrogen-bond acceptors (Lipinski definition) is 7. The van der Waals surface area contributed by atoms with Gasteiger partial charge < -0.3 is 30.9 Å². The fourth-order valence-corrected chi connectivity index (χ4v) is 6.75. The zero-order chi connectivity index (χ0) is 37.2. The number of nitrogens with zero attached hydrogens (tertiary/aromatic N) is 1. The lowest BCUT2D eigenvalue weighted by Crippen LogP contribution is -2.38. The number of para-hydroxylation sites is 2. The van der Waals surface area contributed by atoms with Gasteiger partial charge in [-0.3, -0.25) is 14.5 Å². The van der Waals surface area contributed by atoms with E-state index in [4.69, 9.17) is 15.2 Å². The molecule has 0 radical (unpaired) electrons. The highest BCUT2D eigenvalue weighted by Gasteiger charge is 2.33. The SMILES string of the molecule is C[C@H](c1ccc2ccccc2c1)N(C)C[C@@H]1C[C@H](c2ccc(CO)cc2)O[C@H](c2ccc(NC(=O)CCCCCC(=O)Nc3ccccc3N)cc2)O1. The van der Waals surface area contributed by atoms with Crippen molar-refractivity contribution in [3.05, 3.63) is 138 Å². The topological polar surface area (TPSA) is 126 Å². The van der Waals surface area contributed by atoms with Crippen LogP contribution in [0, 0.1) is 0 Å². The molecule has 5 N–H and O–H groups in total. The molecule has 0 unspecified atom stereocenters. The second kappa shape index (κ2) is 18.1. The van der Waals surface area contributed by atoms with Gasteiger partial charge in [-0.2, -0.15) is 0 Å². The molecule has 0 aromatic heterocycles. The van der Waals surface area contributed by atoms with Crippen LogP contribution in [0.4, 0.5) is 17.1 Å². The van der Waals surface area contributed by atoms with Crippen LogP contribution in [0.25, 0.3) is 10.8 Å². The number of hydrogen-bond donors (Lipinski definition) is 4. The van der Waals surface area contributed by atoms with Gasteiger partial charge in [-0.1, -0.05) is 91.3 Å². The van der Waals surface area contributed by atoms with Crippen LogP contribution in [0.3, 0.4) is 0 Å². The lowest BCUT2D eigenvalue weighted by Gasteiger charge is -2.39. The molecule has 5 aromatic rings. The number of benzene rings is 5. The molecule has 276 valence electrons. The summed E-state index contributed by atoms with van der Waals surface area (Å²) in [7, 11) is 2.13. The minimum absolute atomic E-state index is 0.00924. The van der Waals surface area contributed by atoms with Crippen LogP contribution >= 0.6 is 0 Å². The third-order valence-corrected chi connectivity index (χ3v) is 10.0. The van der Waals surface area contributed by atoms with Gasteiger partial charge in [0.1, 0.15) is 0 Å². The molecule has 1 aliphatic heterocycles. The maximum absolute atomic E-state index is 12.7. The summed E-state index contributed by atoms with van der Waals surface area (Å²) in [4.78, 5) is 27.3. The first-order valence-corrected chi connectivity index (χ1v) is 18.5. The van der Waals surface area contributed by atoms with E-state index in [9.17, 15) is 14.7 Å². The molecule has 4 atom stereocenters. The van der Waals surface area contributed by atoms with Crippen LogP contribution in [-0.2, 0) is 25.7 Å². The van der Waals surface area contributed by atoms with E-state index < -0.39 is 6.29 Å². The van der Waals surface area contributed by atoms with Crippen LogP contribution in [0.1, 0.15) is 86.1 Å². The van der Waals surface area contributed by atoms with Crippen molar-refractivity contribution >= 4 is 39.6 Å². The van der Waals surface area contributed by atoms with Gasteiger partial charge in [0, 0.05) is 43.1 Å². The summed E-state index contributed by atoms with van der Waals surface area (Å²) in [5, 5.41) is 17.9. The molecule has 6 rings (SSSR count). The molecule has 0 aliphatic carbocycles. The smallest absolute Gasteiger partial charge is 0.224 e. The fourth-order valence-electron chi connectivity index (χ4n) is 6.75.